The Morgan fingerprint density at radius 3 is 2.47 bits per heavy atom. The number of nitrogens with zero attached hydrogens (tertiary/aromatic N) is 2. The van der Waals surface area contributed by atoms with E-state index in [4.69, 9.17) is 28.9 Å². The molecule has 0 amide bonds. The van der Waals surface area contributed by atoms with E-state index in [2.05, 4.69) is 18.9 Å². The van der Waals surface area contributed by atoms with Crippen LogP contribution in [0.4, 0.5) is 5.69 Å². The highest BCUT2D eigenvalue weighted by Crippen LogP contribution is 2.26. The van der Waals surface area contributed by atoms with Gasteiger partial charge in [-0.05, 0) is 24.1 Å². The molecule has 0 atom stereocenters. The number of halogens is 2. The highest BCUT2D eigenvalue weighted by atomic mass is 35.5. The van der Waals surface area contributed by atoms with E-state index >= 15 is 0 Å². The number of rotatable bonds is 2. The fraction of sp³-hybridized carbons (Fsp3) is 0.250. The zero-order valence-electron chi connectivity index (χ0n) is 9.61. The van der Waals surface area contributed by atoms with Gasteiger partial charge in [-0.3, -0.25) is 0 Å². The van der Waals surface area contributed by atoms with Gasteiger partial charge in [0, 0.05) is 0 Å². The summed E-state index contributed by atoms with van der Waals surface area (Å²) in [6.07, 6.45) is 1.79. The second-order valence-electron chi connectivity index (χ2n) is 4.17. The van der Waals surface area contributed by atoms with Gasteiger partial charge in [-0.1, -0.05) is 37.0 Å². The van der Waals surface area contributed by atoms with Gasteiger partial charge in [0.05, 0.1) is 33.3 Å². The average molecular weight is 270 g/mol. The summed E-state index contributed by atoms with van der Waals surface area (Å²) in [6, 6.07) is 5.36. The summed E-state index contributed by atoms with van der Waals surface area (Å²) < 4.78 is 1.72. The lowest BCUT2D eigenvalue weighted by molar-refractivity contribution is 0.769. The molecule has 0 bridgehead atoms. The van der Waals surface area contributed by atoms with Gasteiger partial charge in [0.25, 0.3) is 0 Å². The second kappa shape index (κ2) is 4.59. The predicted octanol–water partition coefficient (Wildman–Crippen LogP) is 3.88. The molecule has 0 spiro atoms. The van der Waals surface area contributed by atoms with E-state index in [0.29, 0.717) is 21.7 Å². The Morgan fingerprint density at radius 2 is 1.94 bits per heavy atom. The largest absolute Gasteiger partial charge is 0.396 e. The Kier molecular flexibility index (Phi) is 3.31. The maximum Gasteiger partial charge on any atom is 0.0883 e. The molecule has 2 rings (SSSR count). The molecule has 17 heavy (non-hydrogen) atoms. The average Bonchev–Trinajstić information content (AvgIpc) is 2.64. The molecule has 1 heterocycles. The topological polar surface area (TPSA) is 43.8 Å². The highest BCUT2D eigenvalue weighted by Gasteiger charge is 2.11. The third kappa shape index (κ3) is 2.40. The number of anilines is 1. The standard InChI is InChI=1S/C12H13Cl2N3/c1-7(2)12-11(15)6-17(16-12)8-3-4-9(13)10(14)5-8/h3-7H,15H2,1-2H3. The second-order valence-corrected chi connectivity index (χ2v) is 4.98. The molecule has 1 aromatic carbocycles. The van der Waals surface area contributed by atoms with Crippen molar-refractivity contribution in [3.05, 3.63) is 40.1 Å². The molecule has 1 aromatic heterocycles. The molecule has 0 saturated carbocycles. The van der Waals surface area contributed by atoms with Crippen LogP contribution in [0.1, 0.15) is 25.5 Å². The molecule has 0 radical (unpaired) electrons. The molecule has 90 valence electrons. The van der Waals surface area contributed by atoms with Crippen LogP contribution < -0.4 is 5.73 Å². The Hall–Kier alpha value is -1.19. The van der Waals surface area contributed by atoms with E-state index in [0.717, 1.165) is 11.4 Å². The number of hydrogen-bond acceptors (Lipinski definition) is 2. The van der Waals surface area contributed by atoms with Gasteiger partial charge in [-0.25, -0.2) is 4.68 Å². The normalized spacial score (nSPS) is 11.1. The zero-order valence-corrected chi connectivity index (χ0v) is 11.1. The third-order valence-electron chi connectivity index (χ3n) is 2.49. The number of benzene rings is 1. The molecule has 3 nitrogen and oxygen atoms in total. The van der Waals surface area contributed by atoms with Gasteiger partial charge < -0.3 is 5.73 Å². The maximum atomic E-state index is 5.97. The maximum absolute atomic E-state index is 5.97. The Balaban J connectivity index is 2.46. The monoisotopic (exact) mass is 269 g/mol. The van der Waals surface area contributed by atoms with Crippen molar-refractivity contribution >= 4 is 28.9 Å². The van der Waals surface area contributed by atoms with Crippen molar-refractivity contribution in [3.63, 3.8) is 0 Å². The summed E-state index contributed by atoms with van der Waals surface area (Å²) in [4.78, 5) is 0. The van der Waals surface area contributed by atoms with Crippen LogP contribution in [0.2, 0.25) is 10.0 Å². The Labute approximate surface area is 110 Å². The first kappa shape index (κ1) is 12.3. The summed E-state index contributed by atoms with van der Waals surface area (Å²) in [5.41, 5.74) is 8.32. The summed E-state index contributed by atoms with van der Waals surface area (Å²) in [6.45, 7) is 4.11. The molecule has 0 aliphatic heterocycles. The van der Waals surface area contributed by atoms with Crippen LogP contribution in [0.5, 0.6) is 0 Å². The first-order valence-corrected chi connectivity index (χ1v) is 6.05. The summed E-state index contributed by atoms with van der Waals surface area (Å²) in [5.74, 6) is 0.291. The lowest BCUT2D eigenvalue weighted by atomic mass is 10.1. The number of aromatic nitrogens is 2. The van der Waals surface area contributed by atoms with Crippen molar-refractivity contribution in [1.29, 1.82) is 0 Å². The van der Waals surface area contributed by atoms with E-state index in [-0.39, 0.29) is 0 Å². The lowest BCUT2D eigenvalue weighted by Crippen LogP contribution is -1.97. The van der Waals surface area contributed by atoms with E-state index < -0.39 is 0 Å². The van der Waals surface area contributed by atoms with Crippen molar-refractivity contribution in [3.8, 4) is 5.69 Å². The minimum atomic E-state index is 0.291. The summed E-state index contributed by atoms with van der Waals surface area (Å²) in [7, 11) is 0. The fourth-order valence-corrected chi connectivity index (χ4v) is 1.90. The van der Waals surface area contributed by atoms with E-state index in [9.17, 15) is 0 Å². The molecule has 0 saturated heterocycles. The summed E-state index contributed by atoms with van der Waals surface area (Å²) in [5, 5.41) is 5.47. The van der Waals surface area contributed by atoms with E-state index in [1.165, 1.54) is 0 Å². The third-order valence-corrected chi connectivity index (χ3v) is 3.23. The SMILES string of the molecule is CC(C)c1nn(-c2ccc(Cl)c(Cl)c2)cc1N. The molecule has 0 unspecified atom stereocenters. The predicted molar refractivity (Wildman–Crippen MR) is 72.1 cm³/mol. The number of nitrogen functional groups attached to an aromatic ring is 1. The molecule has 0 aliphatic rings. The van der Waals surface area contributed by atoms with Gasteiger partial charge >= 0.3 is 0 Å². The zero-order chi connectivity index (χ0) is 12.6. The fourth-order valence-electron chi connectivity index (χ4n) is 1.61. The van der Waals surface area contributed by atoms with Crippen LogP contribution in [0.15, 0.2) is 24.4 Å². The Morgan fingerprint density at radius 1 is 1.24 bits per heavy atom. The quantitative estimate of drug-likeness (QED) is 0.899. The van der Waals surface area contributed by atoms with E-state index in [1.54, 1.807) is 23.0 Å². The van der Waals surface area contributed by atoms with Crippen molar-refractivity contribution in [2.24, 2.45) is 0 Å². The molecular formula is C12H13Cl2N3. The van der Waals surface area contributed by atoms with Crippen molar-refractivity contribution in [2.75, 3.05) is 5.73 Å². The van der Waals surface area contributed by atoms with Crippen LogP contribution >= 0.6 is 23.2 Å². The molecule has 2 N–H and O–H groups in total. The molecule has 0 aliphatic carbocycles. The van der Waals surface area contributed by atoms with Gasteiger partial charge in [0.15, 0.2) is 0 Å². The van der Waals surface area contributed by atoms with Gasteiger partial charge in [-0.15, -0.1) is 0 Å². The highest BCUT2D eigenvalue weighted by molar-refractivity contribution is 6.42. The number of hydrogen-bond donors (Lipinski definition) is 1. The van der Waals surface area contributed by atoms with Gasteiger partial charge in [0.1, 0.15) is 0 Å². The van der Waals surface area contributed by atoms with Crippen LogP contribution in [0.25, 0.3) is 5.69 Å². The van der Waals surface area contributed by atoms with Crippen LogP contribution in [0.3, 0.4) is 0 Å². The van der Waals surface area contributed by atoms with Crippen molar-refractivity contribution in [2.45, 2.75) is 19.8 Å². The van der Waals surface area contributed by atoms with Gasteiger partial charge in [0.2, 0.25) is 0 Å². The summed E-state index contributed by atoms with van der Waals surface area (Å²) >= 11 is 11.8. The van der Waals surface area contributed by atoms with Crippen LogP contribution in [0, 0.1) is 0 Å². The van der Waals surface area contributed by atoms with Crippen LogP contribution in [-0.2, 0) is 0 Å². The first-order chi connectivity index (χ1) is 7.99. The van der Waals surface area contributed by atoms with Gasteiger partial charge in [-0.2, -0.15) is 5.10 Å². The number of nitrogens with two attached hydrogens (primary N) is 1. The molecule has 0 fully saturated rings. The molecule has 5 heteroatoms. The minimum Gasteiger partial charge on any atom is -0.396 e. The minimum absolute atomic E-state index is 0.291. The molecule has 2 aromatic rings. The lowest BCUT2D eigenvalue weighted by Gasteiger charge is -2.03. The molecular weight excluding hydrogens is 257 g/mol. The van der Waals surface area contributed by atoms with Crippen LogP contribution in [-0.4, -0.2) is 9.78 Å². The van der Waals surface area contributed by atoms with E-state index in [1.807, 2.05) is 6.07 Å². The first-order valence-electron chi connectivity index (χ1n) is 5.29. The Bertz CT molecular complexity index is 547. The smallest absolute Gasteiger partial charge is 0.0883 e. The van der Waals surface area contributed by atoms with Crippen molar-refractivity contribution in [1.82, 2.24) is 9.78 Å². The van der Waals surface area contributed by atoms with Crippen molar-refractivity contribution < 1.29 is 0 Å².